The summed E-state index contributed by atoms with van der Waals surface area (Å²) < 4.78 is 16.8. The Morgan fingerprint density at radius 2 is 1.82 bits per heavy atom. The third-order valence-electron chi connectivity index (χ3n) is 7.97. The smallest absolute Gasteiger partial charge is 0.284 e. The summed E-state index contributed by atoms with van der Waals surface area (Å²) in [5.41, 5.74) is 1.35. The maximum absolute atomic E-state index is 13.7. The number of halogens is 2. The summed E-state index contributed by atoms with van der Waals surface area (Å²) in [5, 5.41) is 3.55. The molecule has 178 valence electrons. The van der Waals surface area contributed by atoms with Gasteiger partial charge in [0.1, 0.15) is 11.4 Å². The molecular formula is C27H29ClFN3O2. The average Bonchev–Trinajstić information content (AvgIpc) is 3.14. The van der Waals surface area contributed by atoms with Gasteiger partial charge < -0.3 is 5.32 Å². The lowest BCUT2D eigenvalue weighted by Crippen LogP contribution is -2.52. The predicted molar refractivity (Wildman–Crippen MR) is 131 cm³/mol. The fourth-order valence-electron chi connectivity index (χ4n) is 5.76. The molecule has 1 aromatic heterocycles. The first-order valence-electron chi connectivity index (χ1n) is 11.8. The molecule has 0 aliphatic heterocycles. The molecule has 2 aromatic carbocycles. The highest BCUT2D eigenvalue weighted by Gasteiger charge is 2.52. The molecule has 0 saturated heterocycles. The van der Waals surface area contributed by atoms with E-state index in [1.165, 1.54) is 23.2 Å². The van der Waals surface area contributed by atoms with Gasteiger partial charge in [0.2, 0.25) is 0 Å². The lowest BCUT2D eigenvalue weighted by Gasteiger charge is -2.59. The topological polar surface area (TPSA) is 56.0 Å². The van der Waals surface area contributed by atoms with Crippen LogP contribution < -0.4 is 10.9 Å². The van der Waals surface area contributed by atoms with Gasteiger partial charge in [-0.15, -0.1) is 0 Å². The summed E-state index contributed by atoms with van der Waals surface area (Å²) in [7, 11) is 0. The average molecular weight is 482 g/mol. The third kappa shape index (κ3) is 4.20. The summed E-state index contributed by atoms with van der Waals surface area (Å²) in [6.45, 7) is 5.52. The summed E-state index contributed by atoms with van der Waals surface area (Å²) in [6, 6.07) is 13.1. The van der Waals surface area contributed by atoms with Crippen molar-refractivity contribution < 1.29 is 9.18 Å². The van der Waals surface area contributed by atoms with E-state index in [1.807, 2.05) is 0 Å². The number of benzene rings is 2. The number of carbonyl (C=O) groups is 1. The molecule has 2 atom stereocenters. The first kappa shape index (κ1) is 22.9. The number of fused-ring (bicyclic) bond motifs is 2. The Kier molecular flexibility index (Phi) is 5.88. The quantitative estimate of drug-likeness (QED) is 0.520. The highest BCUT2D eigenvalue weighted by Crippen LogP contribution is 2.60. The zero-order valence-corrected chi connectivity index (χ0v) is 20.2. The van der Waals surface area contributed by atoms with Crippen molar-refractivity contribution in [3.63, 3.8) is 0 Å². The molecule has 6 rings (SSSR count). The van der Waals surface area contributed by atoms with Crippen molar-refractivity contribution >= 4 is 17.5 Å². The van der Waals surface area contributed by atoms with Crippen LogP contribution in [0.3, 0.4) is 0 Å². The molecule has 5 nitrogen and oxygen atoms in total. The second kappa shape index (κ2) is 8.73. The molecule has 1 amide bonds. The number of aromatic nitrogens is 2. The van der Waals surface area contributed by atoms with Gasteiger partial charge in [-0.3, -0.25) is 14.3 Å². The number of carbonyl (C=O) groups excluding carboxylic acids is 1. The summed E-state index contributed by atoms with van der Waals surface area (Å²) >= 11 is 6.03. The number of rotatable bonds is 6. The largest absolute Gasteiger partial charge is 0.352 e. The molecule has 1 N–H and O–H groups in total. The van der Waals surface area contributed by atoms with Crippen molar-refractivity contribution in [2.45, 2.75) is 39.7 Å². The van der Waals surface area contributed by atoms with E-state index in [-0.39, 0.29) is 23.8 Å². The molecule has 2 unspecified atom stereocenters. The Labute approximate surface area is 203 Å². The fraction of sp³-hybridized carbons (Fsp3) is 0.407. The Bertz CT molecular complexity index is 1260. The Morgan fingerprint density at radius 3 is 2.47 bits per heavy atom. The minimum Gasteiger partial charge on any atom is -0.352 e. The minimum absolute atomic E-state index is 0.0765. The molecule has 7 heteroatoms. The van der Waals surface area contributed by atoms with E-state index in [0.29, 0.717) is 34.2 Å². The zero-order chi connectivity index (χ0) is 24.0. The van der Waals surface area contributed by atoms with Crippen molar-refractivity contribution in [3.8, 4) is 5.69 Å². The zero-order valence-electron chi connectivity index (χ0n) is 19.4. The van der Waals surface area contributed by atoms with E-state index in [0.717, 1.165) is 24.7 Å². The van der Waals surface area contributed by atoms with Crippen molar-refractivity contribution in [1.82, 2.24) is 14.7 Å². The van der Waals surface area contributed by atoms with Gasteiger partial charge in [0.15, 0.2) is 0 Å². The van der Waals surface area contributed by atoms with E-state index in [2.05, 4.69) is 19.2 Å². The van der Waals surface area contributed by atoms with Gasteiger partial charge in [-0.25, -0.2) is 9.07 Å². The van der Waals surface area contributed by atoms with E-state index in [1.54, 1.807) is 47.3 Å². The Hall–Kier alpha value is -2.86. The van der Waals surface area contributed by atoms with Crippen LogP contribution in [0.5, 0.6) is 0 Å². The summed E-state index contributed by atoms with van der Waals surface area (Å²) in [6.07, 6.45) is 5.10. The lowest BCUT2D eigenvalue weighted by atomic mass is 9.47. The van der Waals surface area contributed by atoms with Crippen LogP contribution in [0.2, 0.25) is 5.02 Å². The number of hydrogen-bond donors (Lipinski definition) is 1. The molecular weight excluding hydrogens is 453 g/mol. The molecule has 34 heavy (non-hydrogen) atoms. The van der Waals surface area contributed by atoms with Gasteiger partial charge in [-0.05, 0) is 84.4 Å². The van der Waals surface area contributed by atoms with Crippen molar-refractivity contribution in [3.05, 3.63) is 87.0 Å². The lowest BCUT2D eigenvalue weighted by molar-refractivity contribution is -0.0887. The number of nitrogens with one attached hydrogen (secondary N) is 1. The van der Waals surface area contributed by atoms with Crippen molar-refractivity contribution in [1.29, 1.82) is 0 Å². The molecule has 3 fully saturated rings. The molecule has 1 heterocycles. The van der Waals surface area contributed by atoms with Crippen LogP contribution in [0, 0.1) is 29.0 Å². The maximum atomic E-state index is 13.7. The van der Waals surface area contributed by atoms with Crippen LogP contribution >= 0.6 is 11.6 Å². The maximum Gasteiger partial charge on any atom is 0.284 e. The summed E-state index contributed by atoms with van der Waals surface area (Å²) in [4.78, 5) is 26.4. The summed E-state index contributed by atoms with van der Waals surface area (Å²) in [5.74, 6) is 1.18. The second-order valence-electron chi connectivity index (χ2n) is 10.4. The van der Waals surface area contributed by atoms with Crippen LogP contribution in [0.1, 0.15) is 49.0 Å². The van der Waals surface area contributed by atoms with Gasteiger partial charge in [-0.2, -0.15) is 0 Å². The van der Waals surface area contributed by atoms with E-state index in [4.69, 9.17) is 11.6 Å². The Morgan fingerprint density at radius 1 is 1.12 bits per heavy atom. The van der Waals surface area contributed by atoms with Gasteiger partial charge in [0.05, 0.1) is 12.2 Å². The first-order chi connectivity index (χ1) is 16.2. The molecule has 3 aliphatic rings. The second-order valence-corrected chi connectivity index (χ2v) is 10.8. The van der Waals surface area contributed by atoms with Gasteiger partial charge >= 0.3 is 0 Å². The first-order valence-corrected chi connectivity index (χ1v) is 12.2. The van der Waals surface area contributed by atoms with Crippen molar-refractivity contribution in [2.24, 2.45) is 23.2 Å². The molecule has 3 aromatic rings. The number of hydrogen-bond acceptors (Lipinski definition) is 2. The van der Waals surface area contributed by atoms with Crippen LogP contribution in [-0.4, -0.2) is 21.8 Å². The van der Waals surface area contributed by atoms with Crippen LogP contribution in [0.4, 0.5) is 4.39 Å². The molecule has 0 spiro atoms. The highest BCUT2D eigenvalue weighted by molar-refractivity contribution is 6.30. The van der Waals surface area contributed by atoms with E-state index >= 15 is 0 Å². The normalized spacial score (nSPS) is 22.8. The molecule has 2 bridgehead atoms. The standard InChI is InChI=1S/C27H29ClFN3O2/c1-27(2)19-10-18(11-20(27)13-19)14-30-25(33)24-16-31(15-17-4-3-5-22(29)12-17)32(26(24)34)23-8-6-21(28)7-9-23/h3-9,12,16,18-20H,10-11,13-15H2,1-2H3,(H,30,33). The Balaban J connectivity index is 1.39. The highest BCUT2D eigenvalue weighted by atomic mass is 35.5. The van der Waals surface area contributed by atoms with Gasteiger partial charge in [-0.1, -0.05) is 37.6 Å². The number of amides is 1. The van der Waals surface area contributed by atoms with Crippen LogP contribution in [0.25, 0.3) is 5.69 Å². The predicted octanol–water partition coefficient (Wildman–Crippen LogP) is 5.28. The molecule has 3 saturated carbocycles. The monoisotopic (exact) mass is 481 g/mol. The SMILES string of the molecule is CC1(C)C2CC(CNC(=O)c3cn(Cc4cccc(F)c4)n(-c4ccc(Cl)cc4)c3=O)CC1C2. The van der Waals surface area contributed by atoms with Gasteiger partial charge in [0, 0.05) is 17.8 Å². The fourth-order valence-corrected chi connectivity index (χ4v) is 5.88. The van der Waals surface area contributed by atoms with Crippen molar-refractivity contribution in [2.75, 3.05) is 6.54 Å². The minimum atomic E-state index is -0.413. The third-order valence-corrected chi connectivity index (χ3v) is 8.22. The van der Waals surface area contributed by atoms with Gasteiger partial charge in [0.25, 0.3) is 11.5 Å². The van der Waals surface area contributed by atoms with Crippen LogP contribution in [-0.2, 0) is 6.54 Å². The van der Waals surface area contributed by atoms with E-state index in [9.17, 15) is 14.0 Å². The number of nitrogens with zero attached hydrogens (tertiary/aromatic N) is 2. The molecule has 3 aliphatic carbocycles. The van der Waals surface area contributed by atoms with E-state index < -0.39 is 5.56 Å². The van der Waals surface area contributed by atoms with Crippen LogP contribution in [0.15, 0.2) is 59.5 Å². The molecule has 0 radical (unpaired) electrons.